The van der Waals surface area contributed by atoms with Crippen LogP contribution < -0.4 is 4.90 Å². The lowest BCUT2D eigenvalue weighted by atomic mass is 10.1. The zero-order valence-electron chi connectivity index (χ0n) is 15.4. The molecule has 2 fully saturated rings. The third-order valence-corrected chi connectivity index (χ3v) is 5.29. The predicted octanol–water partition coefficient (Wildman–Crippen LogP) is 2.28. The fourth-order valence-corrected chi connectivity index (χ4v) is 3.75. The number of rotatable bonds is 3. The Labute approximate surface area is 159 Å². The van der Waals surface area contributed by atoms with Gasteiger partial charge in [0.15, 0.2) is 0 Å². The fraction of sp³-hybridized carbons (Fsp3) is 0.381. The minimum atomic E-state index is -0.00765. The van der Waals surface area contributed by atoms with Crippen LogP contribution in [0, 0.1) is 0 Å². The highest BCUT2D eigenvalue weighted by Gasteiger charge is 2.24. The lowest BCUT2D eigenvalue weighted by Crippen LogP contribution is -2.49. The van der Waals surface area contributed by atoms with Gasteiger partial charge in [0.25, 0.3) is 11.8 Å². The summed E-state index contributed by atoms with van der Waals surface area (Å²) in [6, 6.07) is 13.0. The highest BCUT2D eigenvalue weighted by molar-refractivity contribution is 5.99. The maximum atomic E-state index is 12.9. The second kappa shape index (κ2) is 7.78. The molecular formula is C21H24N4O2. The standard InChI is InChI=1S/C21H24N4O2/c26-20(24-10-3-4-11-24)17-6-5-7-18(16-17)21(27)25-14-12-23(13-15-25)19-8-1-2-9-22-19/h1-2,5-9,16H,3-4,10-15H2. The summed E-state index contributed by atoms with van der Waals surface area (Å²) in [4.78, 5) is 35.8. The summed E-state index contributed by atoms with van der Waals surface area (Å²) in [5, 5.41) is 0. The van der Waals surface area contributed by atoms with Crippen molar-refractivity contribution in [1.29, 1.82) is 0 Å². The number of hydrogen-bond donors (Lipinski definition) is 0. The molecule has 2 aliphatic heterocycles. The first-order valence-corrected chi connectivity index (χ1v) is 9.57. The van der Waals surface area contributed by atoms with E-state index in [2.05, 4.69) is 9.88 Å². The summed E-state index contributed by atoms with van der Waals surface area (Å²) in [6.45, 7) is 4.45. The third kappa shape index (κ3) is 3.79. The molecule has 4 rings (SSSR count). The summed E-state index contributed by atoms with van der Waals surface area (Å²) in [5.74, 6) is 0.969. The summed E-state index contributed by atoms with van der Waals surface area (Å²) < 4.78 is 0. The van der Waals surface area contributed by atoms with Crippen LogP contribution in [0.1, 0.15) is 33.6 Å². The molecular weight excluding hydrogens is 340 g/mol. The Balaban J connectivity index is 1.41. The molecule has 0 saturated carbocycles. The van der Waals surface area contributed by atoms with E-state index in [1.807, 2.05) is 28.0 Å². The molecule has 2 amide bonds. The minimum Gasteiger partial charge on any atom is -0.353 e. The van der Waals surface area contributed by atoms with Crippen LogP contribution in [-0.4, -0.2) is 65.9 Å². The molecule has 27 heavy (non-hydrogen) atoms. The number of piperazine rings is 1. The van der Waals surface area contributed by atoms with Crippen molar-refractivity contribution in [2.75, 3.05) is 44.2 Å². The average molecular weight is 364 g/mol. The molecule has 0 unspecified atom stereocenters. The molecule has 1 aromatic carbocycles. The molecule has 3 heterocycles. The van der Waals surface area contributed by atoms with Crippen LogP contribution >= 0.6 is 0 Å². The van der Waals surface area contributed by atoms with Gasteiger partial charge >= 0.3 is 0 Å². The van der Waals surface area contributed by atoms with Gasteiger partial charge in [-0.1, -0.05) is 12.1 Å². The lowest BCUT2D eigenvalue weighted by Gasteiger charge is -2.35. The minimum absolute atomic E-state index is 0.00765. The Hall–Kier alpha value is -2.89. The first-order chi connectivity index (χ1) is 13.2. The summed E-state index contributed by atoms with van der Waals surface area (Å²) >= 11 is 0. The van der Waals surface area contributed by atoms with E-state index in [-0.39, 0.29) is 11.8 Å². The van der Waals surface area contributed by atoms with Gasteiger partial charge in [0.2, 0.25) is 0 Å². The molecule has 2 saturated heterocycles. The van der Waals surface area contributed by atoms with Crippen LogP contribution in [0.3, 0.4) is 0 Å². The van der Waals surface area contributed by atoms with E-state index in [4.69, 9.17) is 0 Å². The zero-order valence-corrected chi connectivity index (χ0v) is 15.4. The number of pyridine rings is 1. The van der Waals surface area contributed by atoms with Crippen LogP contribution in [-0.2, 0) is 0 Å². The Morgan fingerprint density at radius 3 is 1.96 bits per heavy atom. The highest BCUT2D eigenvalue weighted by Crippen LogP contribution is 2.17. The fourth-order valence-electron chi connectivity index (χ4n) is 3.75. The second-order valence-electron chi connectivity index (χ2n) is 7.05. The largest absolute Gasteiger partial charge is 0.353 e. The average Bonchev–Trinajstić information content (AvgIpc) is 3.28. The maximum Gasteiger partial charge on any atom is 0.253 e. The number of carbonyl (C=O) groups is 2. The Morgan fingerprint density at radius 1 is 0.741 bits per heavy atom. The van der Waals surface area contributed by atoms with E-state index in [1.165, 1.54) is 0 Å². The van der Waals surface area contributed by atoms with Gasteiger partial charge in [-0.2, -0.15) is 0 Å². The summed E-state index contributed by atoms with van der Waals surface area (Å²) in [5.41, 5.74) is 1.20. The van der Waals surface area contributed by atoms with Crippen LogP contribution in [0.4, 0.5) is 5.82 Å². The Morgan fingerprint density at radius 2 is 1.37 bits per heavy atom. The van der Waals surface area contributed by atoms with Crippen LogP contribution in [0.5, 0.6) is 0 Å². The van der Waals surface area contributed by atoms with Gasteiger partial charge in [-0.15, -0.1) is 0 Å². The van der Waals surface area contributed by atoms with Crippen molar-refractivity contribution in [3.05, 3.63) is 59.8 Å². The number of anilines is 1. The van der Waals surface area contributed by atoms with E-state index >= 15 is 0 Å². The molecule has 0 spiro atoms. The van der Waals surface area contributed by atoms with Gasteiger partial charge in [-0.05, 0) is 43.2 Å². The van der Waals surface area contributed by atoms with Gasteiger partial charge in [-0.25, -0.2) is 4.98 Å². The van der Waals surface area contributed by atoms with E-state index in [1.54, 1.807) is 30.5 Å². The molecule has 2 aliphatic rings. The number of nitrogens with zero attached hydrogens (tertiary/aromatic N) is 4. The van der Waals surface area contributed by atoms with Crippen molar-refractivity contribution < 1.29 is 9.59 Å². The number of likely N-dealkylation sites (tertiary alicyclic amines) is 1. The maximum absolute atomic E-state index is 12.9. The molecule has 0 aliphatic carbocycles. The molecule has 1 aromatic heterocycles. The number of benzene rings is 1. The normalized spacial score (nSPS) is 17.3. The Kier molecular flexibility index (Phi) is 5.05. The monoisotopic (exact) mass is 364 g/mol. The quantitative estimate of drug-likeness (QED) is 0.838. The van der Waals surface area contributed by atoms with E-state index < -0.39 is 0 Å². The SMILES string of the molecule is O=C(c1cccc(C(=O)N2CCN(c3ccccn3)CC2)c1)N1CCCC1. The van der Waals surface area contributed by atoms with Crippen LogP contribution in [0.15, 0.2) is 48.7 Å². The van der Waals surface area contributed by atoms with Gasteiger partial charge in [0.1, 0.15) is 5.82 Å². The van der Waals surface area contributed by atoms with Crippen molar-refractivity contribution in [3.63, 3.8) is 0 Å². The van der Waals surface area contributed by atoms with Gasteiger partial charge in [0.05, 0.1) is 0 Å². The summed E-state index contributed by atoms with van der Waals surface area (Å²) in [7, 11) is 0. The van der Waals surface area contributed by atoms with Crippen LogP contribution in [0.2, 0.25) is 0 Å². The molecule has 0 bridgehead atoms. The second-order valence-corrected chi connectivity index (χ2v) is 7.05. The van der Waals surface area contributed by atoms with E-state index in [9.17, 15) is 9.59 Å². The van der Waals surface area contributed by atoms with Crippen molar-refractivity contribution >= 4 is 17.6 Å². The molecule has 6 nitrogen and oxygen atoms in total. The predicted molar refractivity (Wildman–Crippen MR) is 104 cm³/mol. The van der Waals surface area contributed by atoms with E-state index in [0.29, 0.717) is 24.2 Å². The van der Waals surface area contributed by atoms with E-state index in [0.717, 1.165) is 44.8 Å². The first-order valence-electron chi connectivity index (χ1n) is 9.57. The zero-order chi connectivity index (χ0) is 18.6. The van der Waals surface area contributed by atoms with Gasteiger partial charge < -0.3 is 14.7 Å². The Bertz CT molecular complexity index is 810. The molecule has 0 N–H and O–H groups in total. The molecule has 0 atom stereocenters. The third-order valence-electron chi connectivity index (χ3n) is 5.29. The topological polar surface area (TPSA) is 56.8 Å². The van der Waals surface area contributed by atoms with Crippen molar-refractivity contribution in [3.8, 4) is 0 Å². The van der Waals surface area contributed by atoms with Crippen molar-refractivity contribution in [2.24, 2.45) is 0 Å². The number of hydrogen-bond acceptors (Lipinski definition) is 4. The van der Waals surface area contributed by atoms with Gasteiger partial charge in [0, 0.05) is 56.6 Å². The molecule has 6 heteroatoms. The lowest BCUT2D eigenvalue weighted by molar-refractivity contribution is 0.0746. The molecule has 2 aromatic rings. The molecule has 140 valence electrons. The smallest absolute Gasteiger partial charge is 0.253 e. The van der Waals surface area contributed by atoms with Crippen molar-refractivity contribution in [2.45, 2.75) is 12.8 Å². The van der Waals surface area contributed by atoms with Crippen molar-refractivity contribution in [1.82, 2.24) is 14.8 Å². The number of amides is 2. The highest BCUT2D eigenvalue weighted by atomic mass is 16.2. The number of carbonyl (C=O) groups excluding carboxylic acids is 2. The number of aromatic nitrogens is 1. The van der Waals surface area contributed by atoms with Crippen LogP contribution in [0.25, 0.3) is 0 Å². The summed E-state index contributed by atoms with van der Waals surface area (Å²) in [6.07, 6.45) is 3.91. The molecule has 0 radical (unpaired) electrons. The van der Waals surface area contributed by atoms with Gasteiger partial charge in [-0.3, -0.25) is 9.59 Å². The first kappa shape index (κ1) is 17.5.